The summed E-state index contributed by atoms with van der Waals surface area (Å²) in [7, 11) is 0. The van der Waals surface area contributed by atoms with Gasteiger partial charge in [0.2, 0.25) is 5.91 Å². The van der Waals surface area contributed by atoms with E-state index in [-0.39, 0.29) is 5.91 Å². The minimum Gasteiger partial charge on any atom is -0.390 e. The second kappa shape index (κ2) is 6.10. The molecule has 1 aromatic carbocycles. The van der Waals surface area contributed by atoms with Crippen LogP contribution in [-0.4, -0.2) is 33.8 Å². The fourth-order valence-corrected chi connectivity index (χ4v) is 2.49. The van der Waals surface area contributed by atoms with Crippen molar-refractivity contribution in [1.82, 2.24) is 10.3 Å². The van der Waals surface area contributed by atoms with Crippen LogP contribution in [0.25, 0.3) is 10.2 Å². The van der Waals surface area contributed by atoms with Crippen molar-refractivity contribution in [2.45, 2.75) is 25.6 Å². The maximum absolute atomic E-state index is 10.7. The number of benzene rings is 1. The molecular formula is C13H16N2O3S. The third-order valence-corrected chi connectivity index (χ3v) is 3.68. The molecule has 6 heteroatoms. The first-order valence-electron chi connectivity index (χ1n) is 6.01. The third-order valence-electron chi connectivity index (χ3n) is 2.87. The molecule has 2 aromatic rings. The lowest BCUT2D eigenvalue weighted by Crippen LogP contribution is -2.27. The zero-order valence-electron chi connectivity index (χ0n) is 10.5. The van der Waals surface area contributed by atoms with Crippen LogP contribution in [0.4, 0.5) is 0 Å². The number of aromatic nitrogens is 1. The number of hydrogen-bond donors (Lipinski definition) is 3. The van der Waals surface area contributed by atoms with Gasteiger partial charge >= 0.3 is 0 Å². The zero-order valence-corrected chi connectivity index (χ0v) is 11.4. The van der Waals surface area contributed by atoms with Crippen LogP contribution in [0.15, 0.2) is 23.7 Å². The Morgan fingerprint density at radius 3 is 3.00 bits per heavy atom. The number of carbonyl (C=O) groups excluding carboxylic acids is 1. The van der Waals surface area contributed by atoms with Crippen molar-refractivity contribution in [3.8, 4) is 0 Å². The van der Waals surface area contributed by atoms with E-state index >= 15 is 0 Å². The predicted molar refractivity (Wildman–Crippen MR) is 73.9 cm³/mol. The van der Waals surface area contributed by atoms with Crippen LogP contribution in [0, 0.1) is 0 Å². The van der Waals surface area contributed by atoms with Gasteiger partial charge in [-0.1, -0.05) is 6.07 Å². The van der Waals surface area contributed by atoms with Crippen LogP contribution in [0.1, 0.15) is 25.0 Å². The Bertz CT molecular complexity index is 570. The van der Waals surface area contributed by atoms with Gasteiger partial charge in [-0.25, -0.2) is 4.98 Å². The monoisotopic (exact) mass is 280 g/mol. The molecule has 19 heavy (non-hydrogen) atoms. The van der Waals surface area contributed by atoms with E-state index in [0.717, 1.165) is 10.2 Å². The average molecular weight is 280 g/mol. The smallest absolute Gasteiger partial charge is 0.216 e. The Balaban J connectivity index is 2.01. The number of hydrogen-bond acceptors (Lipinski definition) is 5. The number of aliphatic hydroxyl groups excluding tert-OH is 2. The van der Waals surface area contributed by atoms with E-state index in [9.17, 15) is 15.0 Å². The molecule has 0 aliphatic heterocycles. The molecule has 102 valence electrons. The summed E-state index contributed by atoms with van der Waals surface area (Å²) < 4.78 is 1.05. The van der Waals surface area contributed by atoms with Crippen LogP contribution in [-0.2, 0) is 4.79 Å². The third kappa shape index (κ3) is 3.50. The summed E-state index contributed by atoms with van der Waals surface area (Å²) in [6, 6.07) is 5.44. The molecule has 0 aliphatic carbocycles. The van der Waals surface area contributed by atoms with E-state index in [4.69, 9.17) is 0 Å². The summed E-state index contributed by atoms with van der Waals surface area (Å²) in [4.78, 5) is 14.9. The van der Waals surface area contributed by atoms with E-state index in [1.54, 1.807) is 17.6 Å². The molecule has 1 aromatic heterocycles. The molecule has 0 spiro atoms. The quantitative estimate of drug-likeness (QED) is 0.769. The molecule has 2 rings (SSSR count). The van der Waals surface area contributed by atoms with Crippen molar-refractivity contribution in [2.75, 3.05) is 6.54 Å². The van der Waals surface area contributed by atoms with Crippen LogP contribution in [0.5, 0.6) is 0 Å². The number of nitrogens with one attached hydrogen (secondary N) is 1. The summed E-state index contributed by atoms with van der Waals surface area (Å²) in [6.07, 6.45) is -1.58. The normalized spacial score (nSPS) is 14.3. The lowest BCUT2D eigenvalue weighted by atomic mass is 10.0. The Morgan fingerprint density at radius 1 is 1.47 bits per heavy atom. The van der Waals surface area contributed by atoms with Crippen molar-refractivity contribution in [3.63, 3.8) is 0 Å². The summed E-state index contributed by atoms with van der Waals surface area (Å²) in [5, 5.41) is 22.5. The van der Waals surface area contributed by atoms with Crippen molar-refractivity contribution < 1.29 is 15.0 Å². The highest BCUT2D eigenvalue weighted by Gasteiger charge is 2.18. The highest BCUT2D eigenvalue weighted by Crippen LogP contribution is 2.24. The maximum atomic E-state index is 10.7. The SMILES string of the molecule is CC(=O)NCCC(O)C(O)c1ccc2scnc2c1. The number of carbonyl (C=O) groups is 1. The molecular weight excluding hydrogens is 264 g/mol. The molecule has 0 aliphatic rings. The molecule has 0 radical (unpaired) electrons. The van der Waals surface area contributed by atoms with Gasteiger partial charge in [0.15, 0.2) is 0 Å². The second-order valence-electron chi connectivity index (χ2n) is 4.36. The Hall–Kier alpha value is -1.50. The molecule has 1 amide bonds. The van der Waals surface area contributed by atoms with Crippen LogP contribution >= 0.6 is 11.3 Å². The summed E-state index contributed by atoms with van der Waals surface area (Å²) in [5.74, 6) is -0.148. The van der Waals surface area contributed by atoms with Crippen molar-refractivity contribution in [1.29, 1.82) is 0 Å². The van der Waals surface area contributed by atoms with Gasteiger partial charge in [-0.2, -0.15) is 0 Å². The van der Waals surface area contributed by atoms with Gasteiger partial charge in [-0.15, -0.1) is 11.3 Å². The summed E-state index contributed by atoms with van der Waals surface area (Å²) in [6.45, 7) is 1.76. The first-order chi connectivity index (χ1) is 9.08. The molecule has 1 heterocycles. The van der Waals surface area contributed by atoms with Crippen molar-refractivity contribution >= 4 is 27.5 Å². The molecule has 2 unspecified atom stereocenters. The van der Waals surface area contributed by atoms with E-state index in [1.165, 1.54) is 18.3 Å². The van der Waals surface area contributed by atoms with E-state index in [0.29, 0.717) is 18.5 Å². The standard InChI is InChI=1S/C13H16N2O3S/c1-8(16)14-5-4-11(17)13(18)9-2-3-12-10(6-9)15-7-19-12/h2-3,6-7,11,13,17-18H,4-5H2,1H3,(H,14,16). The number of fused-ring (bicyclic) bond motifs is 1. The van der Waals surface area contributed by atoms with Gasteiger partial charge in [0.1, 0.15) is 6.10 Å². The summed E-state index contributed by atoms with van der Waals surface area (Å²) in [5.41, 5.74) is 3.19. The van der Waals surface area contributed by atoms with Crippen LogP contribution in [0.2, 0.25) is 0 Å². The minimum atomic E-state index is -0.972. The lowest BCUT2D eigenvalue weighted by molar-refractivity contribution is -0.119. The first-order valence-corrected chi connectivity index (χ1v) is 6.89. The minimum absolute atomic E-state index is 0.148. The van der Waals surface area contributed by atoms with E-state index in [2.05, 4.69) is 10.3 Å². The highest BCUT2D eigenvalue weighted by molar-refractivity contribution is 7.16. The fourth-order valence-electron chi connectivity index (χ4n) is 1.83. The Labute approximate surface area is 114 Å². The fraction of sp³-hybridized carbons (Fsp3) is 0.385. The number of nitrogens with zero attached hydrogens (tertiary/aromatic N) is 1. The molecule has 5 nitrogen and oxygen atoms in total. The molecule has 3 N–H and O–H groups in total. The number of amides is 1. The molecule has 0 bridgehead atoms. The molecule has 0 fully saturated rings. The van der Waals surface area contributed by atoms with Gasteiger partial charge in [0.25, 0.3) is 0 Å². The molecule has 0 saturated carbocycles. The number of thiazole rings is 1. The van der Waals surface area contributed by atoms with E-state index < -0.39 is 12.2 Å². The van der Waals surface area contributed by atoms with Crippen LogP contribution in [0.3, 0.4) is 0 Å². The first kappa shape index (κ1) is 13.9. The van der Waals surface area contributed by atoms with Gasteiger partial charge in [0, 0.05) is 13.5 Å². The van der Waals surface area contributed by atoms with Crippen molar-refractivity contribution in [2.24, 2.45) is 0 Å². The molecule has 2 atom stereocenters. The molecule has 0 saturated heterocycles. The topological polar surface area (TPSA) is 82.5 Å². The number of rotatable bonds is 5. The van der Waals surface area contributed by atoms with Gasteiger partial charge < -0.3 is 15.5 Å². The van der Waals surface area contributed by atoms with Gasteiger partial charge in [-0.05, 0) is 24.1 Å². The average Bonchev–Trinajstić information content (AvgIpc) is 2.84. The lowest BCUT2D eigenvalue weighted by Gasteiger charge is -2.18. The summed E-state index contributed by atoms with van der Waals surface area (Å²) >= 11 is 1.53. The van der Waals surface area contributed by atoms with E-state index in [1.807, 2.05) is 6.07 Å². The van der Waals surface area contributed by atoms with Crippen molar-refractivity contribution in [3.05, 3.63) is 29.3 Å². The number of aliphatic hydroxyl groups is 2. The highest BCUT2D eigenvalue weighted by atomic mass is 32.1. The van der Waals surface area contributed by atoms with Gasteiger partial charge in [0.05, 0.1) is 21.8 Å². The maximum Gasteiger partial charge on any atom is 0.216 e. The Morgan fingerprint density at radius 2 is 2.26 bits per heavy atom. The predicted octanol–water partition coefficient (Wildman–Crippen LogP) is 1.22. The largest absolute Gasteiger partial charge is 0.390 e. The second-order valence-corrected chi connectivity index (χ2v) is 5.25. The van der Waals surface area contributed by atoms with Crippen LogP contribution < -0.4 is 5.32 Å². The van der Waals surface area contributed by atoms with Gasteiger partial charge in [-0.3, -0.25) is 4.79 Å². The Kier molecular flexibility index (Phi) is 4.47. The zero-order chi connectivity index (χ0) is 13.8.